The Morgan fingerprint density at radius 3 is 2.33 bits per heavy atom. The molecule has 0 aliphatic carbocycles. The standard InChI is InChI=1S/C11H12O4/c1-7-3-9(5-12)4-8(2)11(7)15-6-10(13)14/h3-5H,6H2,1-2H3,(H,13,14). The third-order valence-electron chi connectivity index (χ3n) is 1.96. The summed E-state index contributed by atoms with van der Waals surface area (Å²) in [6, 6.07) is 3.33. The molecule has 4 nitrogen and oxygen atoms in total. The molecule has 0 saturated carbocycles. The lowest BCUT2D eigenvalue weighted by atomic mass is 10.1. The molecule has 0 saturated heterocycles. The summed E-state index contributed by atoms with van der Waals surface area (Å²) in [7, 11) is 0. The zero-order chi connectivity index (χ0) is 11.4. The minimum atomic E-state index is -1.02. The highest BCUT2D eigenvalue weighted by Crippen LogP contribution is 2.24. The third kappa shape index (κ3) is 2.80. The number of ether oxygens (including phenoxy) is 1. The molecule has 0 fully saturated rings. The Morgan fingerprint density at radius 1 is 1.40 bits per heavy atom. The molecule has 0 amide bonds. The largest absolute Gasteiger partial charge is 0.481 e. The first-order valence-corrected chi connectivity index (χ1v) is 4.45. The average Bonchev–Trinajstić information content (AvgIpc) is 2.15. The van der Waals surface area contributed by atoms with Crippen molar-refractivity contribution in [2.24, 2.45) is 0 Å². The summed E-state index contributed by atoms with van der Waals surface area (Å²) in [4.78, 5) is 20.9. The molecule has 80 valence electrons. The maximum atomic E-state index is 10.6. The second kappa shape index (κ2) is 4.59. The van der Waals surface area contributed by atoms with Crippen molar-refractivity contribution in [1.82, 2.24) is 0 Å². The van der Waals surface area contributed by atoms with Gasteiger partial charge in [-0.1, -0.05) is 0 Å². The van der Waals surface area contributed by atoms with Gasteiger partial charge in [-0.15, -0.1) is 0 Å². The van der Waals surface area contributed by atoms with Crippen molar-refractivity contribution in [2.45, 2.75) is 13.8 Å². The van der Waals surface area contributed by atoms with E-state index in [-0.39, 0.29) is 6.61 Å². The molecule has 4 heteroatoms. The molecule has 0 spiro atoms. The Morgan fingerprint density at radius 2 is 1.93 bits per heavy atom. The van der Waals surface area contributed by atoms with E-state index in [1.54, 1.807) is 26.0 Å². The highest BCUT2D eigenvalue weighted by molar-refractivity contribution is 5.76. The summed E-state index contributed by atoms with van der Waals surface area (Å²) in [6.45, 7) is 3.18. The predicted octanol–water partition coefficient (Wildman–Crippen LogP) is 1.58. The molecule has 0 unspecified atom stereocenters. The van der Waals surface area contributed by atoms with E-state index in [1.165, 1.54) is 0 Å². The van der Waals surface area contributed by atoms with E-state index in [4.69, 9.17) is 9.84 Å². The number of aryl methyl sites for hydroxylation is 2. The monoisotopic (exact) mass is 208 g/mol. The quantitative estimate of drug-likeness (QED) is 0.763. The number of carboxylic acid groups (broad SMARTS) is 1. The van der Waals surface area contributed by atoms with E-state index in [9.17, 15) is 9.59 Å². The van der Waals surface area contributed by atoms with Gasteiger partial charge in [-0.25, -0.2) is 4.79 Å². The number of carbonyl (C=O) groups is 2. The number of carboxylic acids is 1. The normalized spacial score (nSPS) is 9.73. The van der Waals surface area contributed by atoms with Gasteiger partial charge in [0.15, 0.2) is 6.61 Å². The van der Waals surface area contributed by atoms with Crippen LogP contribution in [0.3, 0.4) is 0 Å². The first-order chi connectivity index (χ1) is 7.04. The first kappa shape index (κ1) is 11.2. The molecule has 1 rings (SSSR count). The first-order valence-electron chi connectivity index (χ1n) is 4.45. The van der Waals surface area contributed by atoms with Gasteiger partial charge in [0.1, 0.15) is 12.0 Å². The Labute approximate surface area is 87.5 Å². The maximum absolute atomic E-state index is 10.6. The van der Waals surface area contributed by atoms with Gasteiger partial charge in [0.05, 0.1) is 0 Å². The molecule has 0 aliphatic heterocycles. The van der Waals surface area contributed by atoms with Crippen LogP contribution in [0.15, 0.2) is 12.1 Å². The summed E-state index contributed by atoms with van der Waals surface area (Å²) in [5.41, 5.74) is 2.09. The molecule has 15 heavy (non-hydrogen) atoms. The van der Waals surface area contributed by atoms with E-state index in [1.807, 2.05) is 0 Å². The number of rotatable bonds is 4. The minimum absolute atomic E-state index is 0.373. The van der Waals surface area contributed by atoms with E-state index >= 15 is 0 Å². The maximum Gasteiger partial charge on any atom is 0.341 e. The number of benzene rings is 1. The van der Waals surface area contributed by atoms with Crippen molar-refractivity contribution in [1.29, 1.82) is 0 Å². The summed E-state index contributed by atoms with van der Waals surface area (Å²) >= 11 is 0. The molecule has 1 aromatic rings. The Balaban J connectivity index is 2.97. The van der Waals surface area contributed by atoms with Crippen LogP contribution in [0.1, 0.15) is 21.5 Å². The van der Waals surface area contributed by atoms with Crippen LogP contribution in [-0.4, -0.2) is 24.0 Å². The van der Waals surface area contributed by atoms with Crippen molar-refractivity contribution in [3.8, 4) is 5.75 Å². The van der Waals surface area contributed by atoms with Crippen molar-refractivity contribution in [2.75, 3.05) is 6.61 Å². The fraction of sp³-hybridized carbons (Fsp3) is 0.273. The SMILES string of the molecule is Cc1cc(C=O)cc(C)c1OCC(=O)O. The lowest BCUT2D eigenvalue weighted by Crippen LogP contribution is -2.11. The minimum Gasteiger partial charge on any atom is -0.481 e. The average molecular weight is 208 g/mol. The topological polar surface area (TPSA) is 63.6 Å². The molecule has 0 atom stereocenters. The number of aldehydes is 1. The third-order valence-corrected chi connectivity index (χ3v) is 1.96. The van der Waals surface area contributed by atoms with E-state index in [0.29, 0.717) is 11.3 Å². The highest BCUT2D eigenvalue weighted by Gasteiger charge is 2.07. The van der Waals surface area contributed by atoms with Gasteiger partial charge in [0.25, 0.3) is 0 Å². The van der Waals surface area contributed by atoms with E-state index < -0.39 is 5.97 Å². The van der Waals surface area contributed by atoms with Crippen molar-refractivity contribution in [3.05, 3.63) is 28.8 Å². The molecule has 0 aromatic heterocycles. The van der Waals surface area contributed by atoms with Gasteiger partial charge >= 0.3 is 5.97 Å². The fourth-order valence-electron chi connectivity index (χ4n) is 1.41. The number of aliphatic carboxylic acids is 1. The van der Waals surface area contributed by atoms with Crippen molar-refractivity contribution in [3.63, 3.8) is 0 Å². The second-order valence-corrected chi connectivity index (χ2v) is 3.28. The van der Waals surface area contributed by atoms with Gasteiger partial charge < -0.3 is 9.84 Å². The van der Waals surface area contributed by atoms with E-state index in [2.05, 4.69) is 0 Å². The van der Waals surface area contributed by atoms with Crippen LogP contribution >= 0.6 is 0 Å². The Hall–Kier alpha value is -1.84. The summed E-state index contributed by atoms with van der Waals surface area (Å²) < 4.78 is 5.11. The second-order valence-electron chi connectivity index (χ2n) is 3.28. The van der Waals surface area contributed by atoms with Crippen LogP contribution in [0, 0.1) is 13.8 Å². The molecule has 0 aliphatic rings. The molecular formula is C11H12O4. The zero-order valence-electron chi connectivity index (χ0n) is 8.61. The van der Waals surface area contributed by atoms with Crippen LogP contribution in [0.4, 0.5) is 0 Å². The number of hydrogen-bond donors (Lipinski definition) is 1. The molecular weight excluding hydrogens is 196 g/mol. The van der Waals surface area contributed by atoms with E-state index in [0.717, 1.165) is 17.4 Å². The number of carbonyl (C=O) groups excluding carboxylic acids is 1. The Kier molecular flexibility index (Phi) is 3.44. The lowest BCUT2D eigenvalue weighted by Gasteiger charge is -2.10. The van der Waals surface area contributed by atoms with Crippen LogP contribution in [-0.2, 0) is 4.79 Å². The smallest absolute Gasteiger partial charge is 0.341 e. The van der Waals surface area contributed by atoms with Gasteiger partial charge in [-0.05, 0) is 37.1 Å². The van der Waals surface area contributed by atoms with Gasteiger partial charge in [-0.3, -0.25) is 4.79 Å². The number of hydrogen-bond acceptors (Lipinski definition) is 3. The van der Waals surface area contributed by atoms with Crippen LogP contribution in [0.5, 0.6) is 5.75 Å². The van der Waals surface area contributed by atoms with Gasteiger partial charge in [-0.2, -0.15) is 0 Å². The molecule has 0 bridgehead atoms. The summed E-state index contributed by atoms with van der Waals surface area (Å²) in [5, 5.41) is 8.48. The molecule has 0 radical (unpaired) electrons. The molecule has 1 aromatic carbocycles. The van der Waals surface area contributed by atoms with Crippen LogP contribution < -0.4 is 4.74 Å². The fourth-order valence-corrected chi connectivity index (χ4v) is 1.41. The molecule has 1 N–H and O–H groups in total. The van der Waals surface area contributed by atoms with Gasteiger partial charge in [0.2, 0.25) is 0 Å². The lowest BCUT2D eigenvalue weighted by molar-refractivity contribution is -0.139. The summed E-state index contributed by atoms with van der Waals surface area (Å²) in [5.74, 6) is -0.490. The van der Waals surface area contributed by atoms with Crippen molar-refractivity contribution >= 4 is 12.3 Å². The van der Waals surface area contributed by atoms with Crippen LogP contribution in [0.2, 0.25) is 0 Å². The highest BCUT2D eigenvalue weighted by atomic mass is 16.5. The summed E-state index contributed by atoms with van der Waals surface area (Å²) in [6.07, 6.45) is 0.751. The Bertz CT molecular complexity index is 373. The van der Waals surface area contributed by atoms with Gasteiger partial charge in [0, 0.05) is 5.56 Å². The van der Waals surface area contributed by atoms with Crippen LogP contribution in [0.25, 0.3) is 0 Å². The predicted molar refractivity (Wildman–Crippen MR) is 54.4 cm³/mol. The zero-order valence-corrected chi connectivity index (χ0v) is 8.61. The van der Waals surface area contributed by atoms with Crippen molar-refractivity contribution < 1.29 is 19.4 Å². The molecule has 0 heterocycles.